The van der Waals surface area contributed by atoms with Gasteiger partial charge in [0.1, 0.15) is 11.0 Å². The van der Waals surface area contributed by atoms with Gasteiger partial charge >= 0.3 is 11.9 Å². The number of fused-ring (bicyclic) bond motifs is 6. The van der Waals surface area contributed by atoms with Crippen LogP contribution >= 0.6 is 63.7 Å². The van der Waals surface area contributed by atoms with Crippen LogP contribution in [0.15, 0.2) is 103 Å². The summed E-state index contributed by atoms with van der Waals surface area (Å²) in [6, 6.07) is 16.9. The van der Waals surface area contributed by atoms with Gasteiger partial charge in [-0.3, -0.25) is 40.2 Å². The number of nitro benzene ring substituents is 2. The fraction of sp³-hybridized carbons (Fsp3) is 0. The normalized spacial score (nSPS) is 10.6. The Morgan fingerprint density at radius 2 is 0.840 bits per heavy atom. The number of carboxylic acid groups (broad SMARTS) is 2. The summed E-state index contributed by atoms with van der Waals surface area (Å²) >= 11 is 12.2. The molecule has 0 saturated carbocycles. The summed E-state index contributed by atoms with van der Waals surface area (Å²) < 4.78 is 0.694. The predicted octanol–water partition coefficient (Wildman–Crippen LogP) is 9.52. The van der Waals surface area contributed by atoms with E-state index in [0.717, 1.165) is 10.8 Å². The van der Waals surface area contributed by atoms with Crippen molar-refractivity contribution in [3.05, 3.63) is 135 Å². The lowest BCUT2D eigenvalue weighted by molar-refractivity contribution is -0.383. The maximum atomic E-state index is 11.0. The molecule has 0 aliphatic heterocycles. The molecule has 4 aromatic heterocycles. The highest BCUT2D eigenvalue weighted by atomic mass is 79.9. The summed E-state index contributed by atoms with van der Waals surface area (Å²) in [7, 11) is 0. The standard InChI is InChI=1S/2C12H7N3O2.C8H2Br4O4/c2*16-15(17)10-7-8-3-1-5-13-11(8)12-9(10)4-2-6-14-12;9-3-1(7(13)14)4(10)6(12)2(5(3)11)8(15)16/h2*1-7H;(H,13,14)(H,15,16). The minimum atomic E-state index is -1.17. The van der Waals surface area contributed by atoms with Crippen LogP contribution < -0.4 is 0 Å². The first-order valence-corrected chi connectivity index (χ1v) is 16.9. The van der Waals surface area contributed by atoms with E-state index < -0.39 is 21.8 Å². The van der Waals surface area contributed by atoms with E-state index in [1.165, 1.54) is 12.1 Å². The Bertz CT molecular complexity index is 2330. The molecule has 3 aromatic carbocycles. The third-order valence-electron chi connectivity index (χ3n) is 6.96. The number of aromatic carboxylic acids is 2. The van der Waals surface area contributed by atoms with E-state index in [-0.39, 0.29) is 40.4 Å². The van der Waals surface area contributed by atoms with Gasteiger partial charge in [-0.15, -0.1) is 0 Å². The van der Waals surface area contributed by atoms with Crippen LogP contribution in [0, 0.1) is 20.2 Å². The number of hydrogen-bond acceptors (Lipinski definition) is 10. The fourth-order valence-electron chi connectivity index (χ4n) is 4.82. The number of non-ortho nitro benzene ring substituents is 2. The highest BCUT2D eigenvalue weighted by Gasteiger charge is 2.26. The molecule has 0 saturated heterocycles. The van der Waals surface area contributed by atoms with Crippen molar-refractivity contribution in [2.75, 3.05) is 0 Å². The van der Waals surface area contributed by atoms with E-state index in [0.29, 0.717) is 32.8 Å². The molecule has 50 heavy (non-hydrogen) atoms. The molecule has 0 bridgehead atoms. The molecule has 0 fully saturated rings. The van der Waals surface area contributed by atoms with E-state index in [1.807, 2.05) is 0 Å². The van der Waals surface area contributed by atoms with Gasteiger partial charge in [-0.05, 0) is 100 Å². The maximum absolute atomic E-state index is 11.0. The summed E-state index contributed by atoms with van der Waals surface area (Å²) in [6.45, 7) is 0. The Morgan fingerprint density at radius 3 is 1.14 bits per heavy atom. The van der Waals surface area contributed by atoms with Crippen LogP contribution in [0.4, 0.5) is 11.4 Å². The van der Waals surface area contributed by atoms with Crippen molar-refractivity contribution in [3.63, 3.8) is 0 Å². The molecule has 0 radical (unpaired) electrons. The van der Waals surface area contributed by atoms with Crippen molar-refractivity contribution in [3.8, 4) is 0 Å². The van der Waals surface area contributed by atoms with E-state index >= 15 is 0 Å². The van der Waals surface area contributed by atoms with Gasteiger partial charge in [0.05, 0.1) is 42.8 Å². The van der Waals surface area contributed by atoms with Crippen molar-refractivity contribution in [1.29, 1.82) is 0 Å². The molecule has 7 aromatic rings. The van der Waals surface area contributed by atoms with Gasteiger partial charge in [-0.1, -0.05) is 12.1 Å². The number of hydrogen-bond donors (Lipinski definition) is 2. The first kappa shape index (κ1) is 36.2. The van der Waals surface area contributed by atoms with Gasteiger partial charge < -0.3 is 10.2 Å². The zero-order valence-corrected chi connectivity index (χ0v) is 31.0. The quantitative estimate of drug-likeness (QED) is 0.0731. The van der Waals surface area contributed by atoms with Crippen molar-refractivity contribution >= 4 is 131 Å². The number of carboxylic acids is 2. The van der Waals surface area contributed by atoms with Crippen molar-refractivity contribution in [1.82, 2.24) is 19.9 Å². The zero-order valence-electron chi connectivity index (χ0n) is 24.6. The monoisotopic (exact) mass is 928 g/mol. The molecular weight excluding hydrogens is 916 g/mol. The van der Waals surface area contributed by atoms with Crippen LogP contribution in [0.25, 0.3) is 43.6 Å². The Morgan fingerprint density at radius 1 is 0.540 bits per heavy atom. The molecular formula is C32H16Br4N6O8. The summed E-state index contributed by atoms with van der Waals surface area (Å²) in [5.41, 5.74) is 2.53. The van der Waals surface area contributed by atoms with E-state index in [1.54, 1.807) is 73.3 Å². The van der Waals surface area contributed by atoms with Crippen molar-refractivity contribution in [2.24, 2.45) is 0 Å². The van der Waals surface area contributed by atoms with Gasteiger partial charge in [-0.25, -0.2) is 9.59 Å². The number of carbonyl (C=O) groups is 2. The Hall–Kier alpha value is -5.04. The molecule has 0 unspecified atom stereocenters. The summed E-state index contributed by atoms with van der Waals surface area (Å²) in [6.07, 6.45) is 6.53. The lowest BCUT2D eigenvalue weighted by Gasteiger charge is -2.11. The van der Waals surface area contributed by atoms with Gasteiger partial charge in [0.2, 0.25) is 0 Å². The second kappa shape index (κ2) is 15.2. The number of nitro groups is 2. The number of pyridine rings is 4. The predicted molar refractivity (Wildman–Crippen MR) is 199 cm³/mol. The van der Waals surface area contributed by atoms with Crippen LogP contribution in [-0.4, -0.2) is 51.9 Å². The molecule has 0 aliphatic rings. The largest absolute Gasteiger partial charge is 0.478 e. The molecule has 0 amide bonds. The minimum absolute atomic E-state index is 0.0521. The molecule has 18 heteroatoms. The van der Waals surface area contributed by atoms with Crippen LogP contribution in [-0.2, 0) is 0 Å². The van der Waals surface area contributed by atoms with Crippen LogP contribution in [0.1, 0.15) is 20.7 Å². The molecule has 0 spiro atoms. The van der Waals surface area contributed by atoms with Crippen molar-refractivity contribution in [2.45, 2.75) is 0 Å². The molecule has 0 atom stereocenters. The lowest BCUT2D eigenvalue weighted by atomic mass is 10.1. The smallest absolute Gasteiger partial charge is 0.338 e. The third-order valence-corrected chi connectivity index (χ3v) is 11.2. The van der Waals surface area contributed by atoms with Gasteiger partial charge in [0, 0.05) is 65.6 Å². The third kappa shape index (κ3) is 7.14. The highest BCUT2D eigenvalue weighted by molar-refractivity contribution is 9.14. The zero-order chi connectivity index (χ0) is 36.3. The van der Waals surface area contributed by atoms with E-state index in [2.05, 4.69) is 83.7 Å². The molecule has 7 rings (SSSR count). The molecule has 2 N–H and O–H groups in total. The summed E-state index contributed by atoms with van der Waals surface area (Å²) in [5, 5.41) is 42.5. The van der Waals surface area contributed by atoms with Gasteiger partial charge in [0.25, 0.3) is 11.4 Å². The summed E-state index contributed by atoms with van der Waals surface area (Å²) in [5.74, 6) is -2.34. The second-order valence-corrected chi connectivity index (χ2v) is 13.0. The number of halogens is 4. The maximum Gasteiger partial charge on any atom is 0.338 e. The molecule has 4 heterocycles. The highest BCUT2D eigenvalue weighted by Crippen LogP contribution is 2.41. The molecule has 0 aliphatic carbocycles. The van der Waals surface area contributed by atoms with Crippen LogP contribution in [0.5, 0.6) is 0 Å². The van der Waals surface area contributed by atoms with Crippen LogP contribution in [0.3, 0.4) is 0 Å². The first-order chi connectivity index (χ1) is 23.8. The molecule has 14 nitrogen and oxygen atoms in total. The Kier molecular flexibility index (Phi) is 11.0. The minimum Gasteiger partial charge on any atom is -0.478 e. The average Bonchev–Trinajstić information content (AvgIpc) is 3.10. The second-order valence-electron chi connectivity index (χ2n) is 9.87. The fourth-order valence-corrected chi connectivity index (χ4v) is 7.62. The first-order valence-electron chi connectivity index (χ1n) is 13.7. The number of aromatic nitrogens is 4. The van der Waals surface area contributed by atoms with Crippen LogP contribution in [0.2, 0.25) is 0 Å². The van der Waals surface area contributed by atoms with Gasteiger partial charge in [-0.2, -0.15) is 0 Å². The molecule has 250 valence electrons. The number of nitrogens with zero attached hydrogens (tertiary/aromatic N) is 6. The van der Waals surface area contributed by atoms with Crippen molar-refractivity contribution < 1.29 is 29.6 Å². The number of rotatable bonds is 4. The average molecular weight is 932 g/mol. The topological polar surface area (TPSA) is 212 Å². The summed E-state index contributed by atoms with van der Waals surface area (Å²) in [4.78, 5) is 60.0. The number of benzene rings is 3. The Labute approximate surface area is 313 Å². The lowest BCUT2D eigenvalue weighted by Crippen LogP contribution is -2.07. The van der Waals surface area contributed by atoms with E-state index in [9.17, 15) is 29.8 Å². The SMILES string of the molecule is O=C(O)c1c(Br)c(Br)c(C(=O)O)c(Br)c1Br.O=[N+]([O-])c1cc2cccnc2c2ncccc12.O=[N+]([O-])c1cc2cccnc2c2ncccc12. The Balaban J connectivity index is 0.000000146. The van der Waals surface area contributed by atoms with E-state index in [4.69, 9.17) is 10.2 Å². The van der Waals surface area contributed by atoms with Gasteiger partial charge in [0.15, 0.2) is 0 Å².